The summed E-state index contributed by atoms with van der Waals surface area (Å²) in [5.41, 5.74) is 3.71. The van der Waals surface area contributed by atoms with Gasteiger partial charge in [0, 0.05) is 6.04 Å². The fraction of sp³-hybridized carbons (Fsp3) is 0.538. The molecule has 3 nitrogen and oxygen atoms in total. The van der Waals surface area contributed by atoms with Crippen LogP contribution in [0.1, 0.15) is 29.7 Å². The average Bonchev–Trinajstić information content (AvgIpc) is 2.29. The Balaban J connectivity index is 2.72. The summed E-state index contributed by atoms with van der Waals surface area (Å²) in [6.45, 7) is 6.10. The summed E-state index contributed by atoms with van der Waals surface area (Å²) in [5, 5.41) is 21.2. The van der Waals surface area contributed by atoms with E-state index in [9.17, 15) is 0 Å². The minimum absolute atomic E-state index is 0.0499. The molecule has 1 atom stereocenters. The Morgan fingerprint density at radius 2 is 1.75 bits per heavy atom. The maximum atomic E-state index is 9.00. The molecule has 0 aliphatic rings. The van der Waals surface area contributed by atoms with Gasteiger partial charge in [0.25, 0.3) is 0 Å². The lowest BCUT2D eigenvalue weighted by molar-refractivity contribution is 0.163. The number of hydrogen-bond donors (Lipinski definition) is 3. The Labute approximate surface area is 97.1 Å². The molecule has 0 fully saturated rings. The van der Waals surface area contributed by atoms with Gasteiger partial charge in [-0.1, -0.05) is 18.2 Å². The molecule has 90 valence electrons. The number of aryl methyl sites for hydroxylation is 2. The van der Waals surface area contributed by atoms with Crippen molar-refractivity contribution in [3.8, 4) is 0 Å². The first kappa shape index (κ1) is 13.2. The molecule has 1 unspecified atom stereocenters. The van der Waals surface area contributed by atoms with Crippen molar-refractivity contribution in [2.75, 3.05) is 13.2 Å². The maximum Gasteiger partial charge on any atom is 0.0607 e. The zero-order valence-corrected chi connectivity index (χ0v) is 10.2. The molecule has 16 heavy (non-hydrogen) atoms. The number of rotatable bonds is 5. The van der Waals surface area contributed by atoms with Gasteiger partial charge in [-0.05, 0) is 37.5 Å². The molecule has 1 aromatic rings. The SMILES string of the molecule is Cc1ccc(C(C)NC(CO)CO)cc1C. The predicted octanol–water partition coefficient (Wildman–Crippen LogP) is 1.31. The van der Waals surface area contributed by atoms with Crippen LogP contribution in [0.3, 0.4) is 0 Å². The van der Waals surface area contributed by atoms with Crippen molar-refractivity contribution in [2.24, 2.45) is 0 Å². The van der Waals surface area contributed by atoms with Gasteiger partial charge in [-0.2, -0.15) is 0 Å². The normalized spacial score (nSPS) is 13.1. The molecule has 3 heteroatoms. The minimum atomic E-state index is -0.253. The van der Waals surface area contributed by atoms with Gasteiger partial charge in [-0.25, -0.2) is 0 Å². The summed E-state index contributed by atoms with van der Waals surface area (Å²) in [5.74, 6) is 0. The fourth-order valence-corrected chi connectivity index (χ4v) is 1.65. The molecule has 0 amide bonds. The molecule has 1 aromatic carbocycles. The van der Waals surface area contributed by atoms with E-state index in [4.69, 9.17) is 10.2 Å². The van der Waals surface area contributed by atoms with Crippen LogP contribution in [0.25, 0.3) is 0 Å². The van der Waals surface area contributed by atoms with Crippen LogP contribution in [0.15, 0.2) is 18.2 Å². The van der Waals surface area contributed by atoms with Crippen LogP contribution < -0.4 is 5.32 Å². The molecular weight excluding hydrogens is 202 g/mol. The van der Waals surface area contributed by atoms with E-state index in [-0.39, 0.29) is 25.3 Å². The van der Waals surface area contributed by atoms with Crippen molar-refractivity contribution in [1.29, 1.82) is 0 Å². The number of aliphatic hydroxyl groups excluding tert-OH is 2. The number of nitrogens with one attached hydrogen (secondary N) is 1. The van der Waals surface area contributed by atoms with E-state index in [2.05, 4.69) is 37.4 Å². The van der Waals surface area contributed by atoms with Gasteiger partial charge in [-0.3, -0.25) is 0 Å². The van der Waals surface area contributed by atoms with Gasteiger partial charge in [-0.15, -0.1) is 0 Å². The molecule has 0 aliphatic carbocycles. The van der Waals surface area contributed by atoms with Crippen molar-refractivity contribution < 1.29 is 10.2 Å². The summed E-state index contributed by atoms with van der Waals surface area (Å²) in [6.07, 6.45) is 0. The summed E-state index contributed by atoms with van der Waals surface area (Å²) < 4.78 is 0. The first-order valence-corrected chi connectivity index (χ1v) is 5.63. The molecule has 0 radical (unpaired) electrons. The van der Waals surface area contributed by atoms with Gasteiger partial charge < -0.3 is 15.5 Å². The van der Waals surface area contributed by atoms with Crippen molar-refractivity contribution in [3.63, 3.8) is 0 Å². The zero-order chi connectivity index (χ0) is 12.1. The Bertz CT molecular complexity index is 335. The van der Waals surface area contributed by atoms with Crippen molar-refractivity contribution in [3.05, 3.63) is 34.9 Å². The van der Waals surface area contributed by atoms with Crippen LogP contribution in [0, 0.1) is 13.8 Å². The third-order valence-electron chi connectivity index (χ3n) is 2.96. The molecule has 3 N–H and O–H groups in total. The highest BCUT2D eigenvalue weighted by Gasteiger charge is 2.11. The topological polar surface area (TPSA) is 52.5 Å². The maximum absolute atomic E-state index is 9.00. The largest absolute Gasteiger partial charge is 0.395 e. The smallest absolute Gasteiger partial charge is 0.0607 e. The van der Waals surface area contributed by atoms with E-state index in [0.717, 1.165) is 0 Å². The van der Waals surface area contributed by atoms with E-state index in [1.54, 1.807) is 0 Å². The van der Waals surface area contributed by atoms with Crippen molar-refractivity contribution in [1.82, 2.24) is 5.32 Å². The molecule has 0 aliphatic heterocycles. The fourth-order valence-electron chi connectivity index (χ4n) is 1.65. The Morgan fingerprint density at radius 3 is 2.25 bits per heavy atom. The summed E-state index contributed by atoms with van der Waals surface area (Å²) in [4.78, 5) is 0. The van der Waals surface area contributed by atoms with E-state index in [1.807, 2.05) is 6.92 Å². The quantitative estimate of drug-likeness (QED) is 0.705. The van der Waals surface area contributed by atoms with Crippen LogP contribution in [0.5, 0.6) is 0 Å². The molecule has 0 saturated heterocycles. The Hall–Kier alpha value is -0.900. The van der Waals surface area contributed by atoms with E-state index >= 15 is 0 Å². The molecular formula is C13H21NO2. The molecule has 0 aromatic heterocycles. The van der Waals surface area contributed by atoms with Gasteiger partial charge in [0.15, 0.2) is 0 Å². The van der Waals surface area contributed by atoms with Crippen LogP contribution in [-0.2, 0) is 0 Å². The monoisotopic (exact) mass is 223 g/mol. The third kappa shape index (κ3) is 3.30. The molecule has 0 heterocycles. The van der Waals surface area contributed by atoms with Crippen LogP contribution in [-0.4, -0.2) is 29.5 Å². The van der Waals surface area contributed by atoms with Gasteiger partial charge >= 0.3 is 0 Å². The van der Waals surface area contributed by atoms with Gasteiger partial charge in [0.2, 0.25) is 0 Å². The predicted molar refractivity (Wildman–Crippen MR) is 65.4 cm³/mol. The van der Waals surface area contributed by atoms with Crippen molar-refractivity contribution in [2.45, 2.75) is 32.9 Å². The number of aliphatic hydroxyl groups is 2. The number of hydrogen-bond acceptors (Lipinski definition) is 3. The third-order valence-corrected chi connectivity index (χ3v) is 2.96. The van der Waals surface area contributed by atoms with E-state index < -0.39 is 0 Å². The Morgan fingerprint density at radius 1 is 1.12 bits per heavy atom. The second-order valence-electron chi connectivity index (χ2n) is 4.29. The second kappa shape index (κ2) is 5.99. The van der Waals surface area contributed by atoms with Crippen LogP contribution in [0.4, 0.5) is 0 Å². The molecule has 0 saturated carbocycles. The van der Waals surface area contributed by atoms with E-state index in [1.165, 1.54) is 16.7 Å². The Kier molecular flexibility index (Phi) is 4.93. The standard InChI is InChI=1S/C13H21NO2/c1-9-4-5-12(6-10(9)2)11(3)14-13(7-15)8-16/h4-6,11,13-16H,7-8H2,1-3H3. The van der Waals surface area contributed by atoms with Gasteiger partial charge in [0.05, 0.1) is 19.3 Å². The highest BCUT2D eigenvalue weighted by atomic mass is 16.3. The zero-order valence-electron chi connectivity index (χ0n) is 10.2. The summed E-state index contributed by atoms with van der Waals surface area (Å²) in [6, 6.07) is 6.18. The molecule has 0 bridgehead atoms. The highest BCUT2D eigenvalue weighted by Crippen LogP contribution is 2.17. The lowest BCUT2D eigenvalue weighted by atomic mass is 10.0. The molecule has 1 rings (SSSR count). The lowest BCUT2D eigenvalue weighted by Gasteiger charge is -2.20. The van der Waals surface area contributed by atoms with Crippen LogP contribution >= 0.6 is 0 Å². The average molecular weight is 223 g/mol. The minimum Gasteiger partial charge on any atom is -0.395 e. The highest BCUT2D eigenvalue weighted by molar-refractivity contribution is 5.31. The lowest BCUT2D eigenvalue weighted by Crippen LogP contribution is -2.37. The van der Waals surface area contributed by atoms with Crippen molar-refractivity contribution >= 4 is 0 Å². The van der Waals surface area contributed by atoms with Gasteiger partial charge in [0.1, 0.15) is 0 Å². The van der Waals surface area contributed by atoms with Crippen LogP contribution in [0.2, 0.25) is 0 Å². The van der Waals surface area contributed by atoms with E-state index in [0.29, 0.717) is 0 Å². The first-order valence-electron chi connectivity index (χ1n) is 5.63. The number of benzene rings is 1. The summed E-state index contributed by atoms with van der Waals surface area (Å²) in [7, 11) is 0. The second-order valence-corrected chi connectivity index (χ2v) is 4.29. The first-order chi connectivity index (χ1) is 7.58. The summed E-state index contributed by atoms with van der Waals surface area (Å²) >= 11 is 0. The molecule has 0 spiro atoms.